The minimum Gasteiger partial charge on any atom is -0.310 e. The summed E-state index contributed by atoms with van der Waals surface area (Å²) >= 11 is 0. The van der Waals surface area contributed by atoms with Crippen LogP contribution in [0.3, 0.4) is 0 Å². The van der Waals surface area contributed by atoms with Crippen LogP contribution in [0.4, 0.5) is 0 Å². The van der Waals surface area contributed by atoms with Gasteiger partial charge in [-0.25, -0.2) is 0 Å². The Morgan fingerprint density at radius 2 is 2.18 bits per heavy atom. The molecule has 0 aliphatic heterocycles. The molecule has 0 fully saturated rings. The predicted octanol–water partition coefficient (Wildman–Crippen LogP) is 0.875. The third kappa shape index (κ3) is 1.43. The van der Waals surface area contributed by atoms with Gasteiger partial charge in [0.15, 0.2) is 0 Å². The van der Waals surface area contributed by atoms with Gasteiger partial charge >= 0.3 is 0 Å². The van der Waals surface area contributed by atoms with Crippen molar-refractivity contribution in [2.24, 2.45) is 7.05 Å². The van der Waals surface area contributed by atoms with Crippen molar-refractivity contribution in [3.05, 3.63) is 18.0 Å². The summed E-state index contributed by atoms with van der Waals surface area (Å²) in [6, 6.07) is 2.02. The zero-order valence-electron chi connectivity index (χ0n) is 7.55. The lowest BCUT2D eigenvalue weighted by Crippen LogP contribution is -2.35. The molecule has 1 heterocycles. The van der Waals surface area contributed by atoms with Crippen molar-refractivity contribution >= 4 is 0 Å². The summed E-state index contributed by atoms with van der Waals surface area (Å²) in [5, 5.41) is 7.33. The van der Waals surface area contributed by atoms with Crippen molar-refractivity contribution in [3.8, 4) is 0 Å². The van der Waals surface area contributed by atoms with Gasteiger partial charge in [0.25, 0.3) is 0 Å². The highest BCUT2D eigenvalue weighted by atomic mass is 15.3. The van der Waals surface area contributed by atoms with Crippen molar-refractivity contribution in [2.75, 3.05) is 7.05 Å². The summed E-state index contributed by atoms with van der Waals surface area (Å²) < 4.78 is 1.89. The van der Waals surface area contributed by atoms with E-state index in [1.165, 1.54) is 5.69 Å². The fraction of sp³-hybridized carbons (Fsp3) is 0.625. The number of aromatic nitrogens is 2. The predicted molar refractivity (Wildman–Crippen MR) is 45.3 cm³/mol. The molecule has 11 heavy (non-hydrogen) atoms. The molecule has 0 saturated carbocycles. The van der Waals surface area contributed by atoms with Crippen LogP contribution < -0.4 is 5.32 Å². The molecule has 3 heteroatoms. The highest BCUT2D eigenvalue weighted by Crippen LogP contribution is 2.17. The normalized spacial score (nSPS) is 12.0. The Morgan fingerprint density at radius 3 is 2.55 bits per heavy atom. The largest absolute Gasteiger partial charge is 0.310 e. The fourth-order valence-electron chi connectivity index (χ4n) is 1.11. The Bertz CT molecular complexity index is 237. The van der Waals surface area contributed by atoms with Gasteiger partial charge in [0, 0.05) is 13.2 Å². The summed E-state index contributed by atoms with van der Waals surface area (Å²) in [4.78, 5) is 0. The number of hydrogen-bond donors (Lipinski definition) is 1. The van der Waals surface area contributed by atoms with E-state index in [1.54, 1.807) is 0 Å². The minimum absolute atomic E-state index is 0.00521. The van der Waals surface area contributed by atoms with Gasteiger partial charge in [-0.15, -0.1) is 0 Å². The Balaban J connectivity index is 3.00. The first-order valence-electron chi connectivity index (χ1n) is 3.75. The molecule has 1 aromatic rings. The topological polar surface area (TPSA) is 29.9 Å². The van der Waals surface area contributed by atoms with Crippen LogP contribution in [-0.2, 0) is 12.6 Å². The summed E-state index contributed by atoms with van der Waals surface area (Å²) in [5.74, 6) is 0. The smallest absolute Gasteiger partial charge is 0.0575 e. The second-order valence-corrected chi connectivity index (χ2v) is 3.22. The molecule has 0 aliphatic carbocycles. The molecule has 0 amide bonds. The maximum atomic E-state index is 4.11. The lowest BCUT2D eigenvalue weighted by atomic mass is 10.0. The van der Waals surface area contributed by atoms with Crippen LogP contribution in [0.25, 0.3) is 0 Å². The van der Waals surface area contributed by atoms with Gasteiger partial charge in [-0.05, 0) is 27.0 Å². The molecule has 0 aliphatic rings. The second-order valence-electron chi connectivity index (χ2n) is 3.22. The second kappa shape index (κ2) is 2.66. The lowest BCUT2D eigenvalue weighted by molar-refractivity contribution is 0.410. The zero-order chi connectivity index (χ0) is 8.48. The number of aryl methyl sites for hydroxylation is 1. The highest BCUT2D eigenvalue weighted by molar-refractivity contribution is 5.11. The molecular weight excluding hydrogens is 138 g/mol. The maximum absolute atomic E-state index is 4.11. The third-order valence-electron chi connectivity index (χ3n) is 2.09. The zero-order valence-corrected chi connectivity index (χ0v) is 7.55. The van der Waals surface area contributed by atoms with Crippen LogP contribution in [0, 0.1) is 0 Å². The van der Waals surface area contributed by atoms with Crippen molar-refractivity contribution in [1.29, 1.82) is 0 Å². The first kappa shape index (κ1) is 8.27. The van der Waals surface area contributed by atoms with Gasteiger partial charge in [-0.2, -0.15) is 5.10 Å². The van der Waals surface area contributed by atoms with Crippen LogP contribution in [0.15, 0.2) is 12.3 Å². The van der Waals surface area contributed by atoms with Gasteiger partial charge in [-0.1, -0.05) is 0 Å². The molecule has 1 N–H and O–H groups in total. The average Bonchev–Trinajstić information content (AvgIpc) is 2.36. The quantitative estimate of drug-likeness (QED) is 0.683. The van der Waals surface area contributed by atoms with E-state index >= 15 is 0 Å². The van der Waals surface area contributed by atoms with Gasteiger partial charge in [0.05, 0.1) is 11.2 Å². The van der Waals surface area contributed by atoms with Crippen LogP contribution in [-0.4, -0.2) is 16.8 Å². The number of hydrogen-bond acceptors (Lipinski definition) is 2. The van der Waals surface area contributed by atoms with Gasteiger partial charge in [0.2, 0.25) is 0 Å². The lowest BCUT2D eigenvalue weighted by Gasteiger charge is -2.23. The molecule has 62 valence electrons. The maximum Gasteiger partial charge on any atom is 0.0575 e. The van der Waals surface area contributed by atoms with Crippen molar-refractivity contribution in [1.82, 2.24) is 15.1 Å². The highest BCUT2D eigenvalue weighted by Gasteiger charge is 2.20. The van der Waals surface area contributed by atoms with Crippen LogP contribution in [0.2, 0.25) is 0 Å². The number of nitrogens with zero attached hydrogens (tertiary/aromatic N) is 2. The molecular formula is C8H15N3. The molecule has 1 aromatic heterocycles. The van der Waals surface area contributed by atoms with Crippen molar-refractivity contribution in [3.63, 3.8) is 0 Å². The van der Waals surface area contributed by atoms with Crippen molar-refractivity contribution < 1.29 is 0 Å². The van der Waals surface area contributed by atoms with E-state index in [0.717, 1.165) is 0 Å². The van der Waals surface area contributed by atoms with Gasteiger partial charge < -0.3 is 5.32 Å². The van der Waals surface area contributed by atoms with Gasteiger partial charge in [0.1, 0.15) is 0 Å². The SMILES string of the molecule is CNC(C)(C)c1ccnn1C. The number of nitrogens with one attached hydrogen (secondary N) is 1. The first-order chi connectivity index (χ1) is 5.08. The molecule has 0 aromatic carbocycles. The van der Waals surface area contributed by atoms with E-state index in [2.05, 4.69) is 24.3 Å². The van der Waals surface area contributed by atoms with Crippen LogP contribution >= 0.6 is 0 Å². The Kier molecular flexibility index (Phi) is 2.00. The molecule has 0 radical (unpaired) electrons. The monoisotopic (exact) mass is 153 g/mol. The van der Waals surface area contributed by atoms with E-state index in [4.69, 9.17) is 0 Å². The summed E-state index contributed by atoms with van der Waals surface area (Å²) in [5.41, 5.74) is 1.20. The standard InChI is InChI=1S/C8H15N3/c1-8(2,9-3)7-5-6-10-11(7)4/h5-6,9H,1-4H3. The summed E-state index contributed by atoms with van der Waals surface area (Å²) in [6.07, 6.45) is 1.81. The van der Waals surface area contributed by atoms with Crippen molar-refractivity contribution in [2.45, 2.75) is 19.4 Å². The third-order valence-corrected chi connectivity index (χ3v) is 2.09. The van der Waals surface area contributed by atoms with Gasteiger partial charge in [-0.3, -0.25) is 4.68 Å². The van der Waals surface area contributed by atoms with E-state index in [9.17, 15) is 0 Å². The molecule has 0 spiro atoms. The van der Waals surface area contributed by atoms with E-state index in [0.29, 0.717) is 0 Å². The molecule has 0 bridgehead atoms. The minimum atomic E-state index is 0.00521. The first-order valence-corrected chi connectivity index (χ1v) is 3.75. The fourth-order valence-corrected chi connectivity index (χ4v) is 1.11. The molecule has 3 nitrogen and oxygen atoms in total. The van der Waals surface area contributed by atoms with Crippen LogP contribution in [0.1, 0.15) is 19.5 Å². The van der Waals surface area contributed by atoms with Crippen LogP contribution in [0.5, 0.6) is 0 Å². The number of rotatable bonds is 2. The van der Waals surface area contributed by atoms with E-state index in [-0.39, 0.29) is 5.54 Å². The Hall–Kier alpha value is -0.830. The molecule has 0 saturated heterocycles. The Labute approximate surface area is 67.4 Å². The molecule has 1 rings (SSSR count). The molecule has 0 unspecified atom stereocenters. The summed E-state index contributed by atoms with van der Waals surface area (Å²) in [6.45, 7) is 4.26. The summed E-state index contributed by atoms with van der Waals surface area (Å²) in [7, 11) is 3.90. The van der Waals surface area contributed by atoms with E-state index in [1.807, 2.05) is 31.0 Å². The Morgan fingerprint density at radius 1 is 1.55 bits per heavy atom. The molecule has 0 atom stereocenters. The average molecular weight is 153 g/mol. The van der Waals surface area contributed by atoms with E-state index < -0.39 is 0 Å².